The molecule has 2 fully saturated rings. The Morgan fingerprint density at radius 3 is 2.83 bits per heavy atom. The fourth-order valence-corrected chi connectivity index (χ4v) is 2.82. The number of carbonyl (C=O) groups is 3. The van der Waals surface area contributed by atoms with Gasteiger partial charge in [-0.25, -0.2) is 9.69 Å². The molecule has 0 N–H and O–H groups in total. The van der Waals surface area contributed by atoms with Gasteiger partial charge in [0, 0.05) is 19.2 Å². The molecule has 128 valence electrons. The zero-order chi connectivity index (χ0) is 17.1. The Bertz CT molecular complexity index is 646. The molecule has 2 aliphatic heterocycles. The first kappa shape index (κ1) is 16.1. The van der Waals surface area contributed by atoms with E-state index in [0.717, 1.165) is 4.90 Å². The maximum absolute atomic E-state index is 12.2. The number of amides is 3. The lowest BCUT2D eigenvalue weighted by Gasteiger charge is -2.20. The van der Waals surface area contributed by atoms with Gasteiger partial charge in [0.05, 0.1) is 13.2 Å². The fraction of sp³-hybridized carbons (Fsp3) is 0.438. The Labute approximate surface area is 138 Å². The predicted molar refractivity (Wildman–Crippen MR) is 81.7 cm³/mol. The first-order valence-corrected chi connectivity index (χ1v) is 7.62. The summed E-state index contributed by atoms with van der Waals surface area (Å²) < 4.78 is 15.3. The van der Waals surface area contributed by atoms with Crippen molar-refractivity contribution in [2.24, 2.45) is 0 Å². The normalized spacial score (nSPS) is 20.3. The summed E-state index contributed by atoms with van der Waals surface area (Å²) in [6.45, 7) is 0.448. The van der Waals surface area contributed by atoms with E-state index in [1.807, 2.05) is 0 Å². The van der Waals surface area contributed by atoms with E-state index >= 15 is 0 Å². The molecule has 1 atom stereocenters. The first-order chi connectivity index (χ1) is 11.6. The number of likely N-dealkylation sites (tertiary alicyclic amines) is 1. The number of nitrogens with zero attached hydrogens (tertiary/aromatic N) is 2. The summed E-state index contributed by atoms with van der Waals surface area (Å²) in [7, 11) is 1.55. The van der Waals surface area contributed by atoms with Gasteiger partial charge in [0.15, 0.2) is 13.2 Å². The lowest BCUT2D eigenvalue weighted by Crippen LogP contribution is -2.42. The molecule has 0 radical (unpaired) electrons. The average Bonchev–Trinajstić information content (AvgIpc) is 3.19. The minimum absolute atomic E-state index is 0.113. The van der Waals surface area contributed by atoms with Crippen LogP contribution in [-0.2, 0) is 14.3 Å². The van der Waals surface area contributed by atoms with Gasteiger partial charge in [-0.3, -0.25) is 9.59 Å². The van der Waals surface area contributed by atoms with Crippen LogP contribution >= 0.6 is 0 Å². The third-order valence-corrected chi connectivity index (χ3v) is 4.07. The maximum atomic E-state index is 12.2. The van der Waals surface area contributed by atoms with Crippen LogP contribution in [0.4, 0.5) is 4.79 Å². The molecule has 3 rings (SSSR count). The van der Waals surface area contributed by atoms with Gasteiger partial charge < -0.3 is 19.1 Å². The van der Waals surface area contributed by atoms with E-state index in [4.69, 9.17) is 14.2 Å². The minimum atomic E-state index is -0.632. The number of imide groups is 1. The standard InChI is InChI=1S/C16H18N2O6/c1-22-12-3-2-4-13(7-12)23-9-14(19)17-6-5-11(8-17)18-15(20)10-24-16(18)21/h2-4,7,11H,5-6,8-10H2,1H3. The van der Waals surface area contributed by atoms with Gasteiger partial charge in [-0.15, -0.1) is 0 Å². The Morgan fingerprint density at radius 1 is 1.33 bits per heavy atom. The van der Waals surface area contributed by atoms with E-state index in [2.05, 4.69) is 0 Å². The van der Waals surface area contributed by atoms with E-state index in [-0.39, 0.29) is 31.1 Å². The van der Waals surface area contributed by atoms with Crippen LogP contribution < -0.4 is 9.47 Å². The summed E-state index contributed by atoms with van der Waals surface area (Å²) >= 11 is 0. The fourth-order valence-electron chi connectivity index (χ4n) is 2.82. The van der Waals surface area contributed by atoms with Gasteiger partial charge in [-0.1, -0.05) is 6.07 Å². The number of methoxy groups -OCH3 is 1. The summed E-state index contributed by atoms with van der Waals surface area (Å²) in [5, 5.41) is 0. The van der Waals surface area contributed by atoms with Crippen molar-refractivity contribution in [2.75, 3.05) is 33.4 Å². The molecule has 1 unspecified atom stereocenters. The molecule has 0 spiro atoms. The van der Waals surface area contributed by atoms with Crippen molar-refractivity contribution in [3.63, 3.8) is 0 Å². The molecule has 8 heteroatoms. The topological polar surface area (TPSA) is 85.4 Å². The van der Waals surface area contributed by atoms with Crippen molar-refractivity contribution in [3.05, 3.63) is 24.3 Å². The largest absolute Gasteiger partial charge is 0.497 e. The quantitative estimate of drug-likeness (QED) is 0.786. The van der Waals surface area contributed by atoms with Crippen molar-refractivity contribution in [3.8, 4) is 11.5 Å². The number of hydrogen-bond donors (Lipinski definition) is 0. The van der Waals surface area contributed by atoms with Gasteiger partial charge in [0.25, 0.3) is 11.8 Å². The Morgan fingerprint density at radius 2 is 2.12 bits per heavy atom. The van der Waals surface area contributed by atoms with E-state index in [9.17, 15) is 14.4 Å². The highest BCUT2D eigenvalue weighted by molar-refractivity contribution is 5.98. The van der Waals surface area contributed by atoms with E-state index < -0.39 is 6.09 Å². The van der Waals surface area contributed by atoms with Crippen LogP contribution in [0.2, 0.25) is 0 Å². The monoisotopic (exact) mass is 334 g/mol. The molecule has 0 aromatic heterocycles. The number of ether oxygens (including phenoxy) is 3. The summed E-state index contributed by atoms with van der Waals surface area (Å²) in [5.74, 6) is 0.635. The minimum Gasteiger partial charge on any atom is -0.497 e. The predicted octanol–water partition coefficient (Wildman–Crippen LogP) is 0.654. The molecule has 2 aliphatic rings. The van der Waals surface area contributed by atoms with Crippen LogP contribution in [0.3, 0.4) is 0 Å². The molecule has 24 heavy (non-hydrogen) atoms. The van der Waals surface area contributed by atoms with Gasteiger partial charge in [-0.2, -0.15) is 0 Å². The van der Waals surface area contributed by atoms with E-state index in [0.29, 0.717) is 31.0 Å². The number of hydrogen-bond acceptors (Lipinski definition) is 6. The van der Waals surface area contributed by atoms with Crippen LogP contribution in [0, 0.1) is 0 Å². The summed E-state index contributed by atoms with van der Waals surface area (Å²) in [4.78, 5) is 38.2. The second-order valence-electron chi connectivity index (χ2n) is 5.57. The second-order valence-corrected chi connectivity index (χ2v) is 5.57. The molecule has 1 aromatic rings. The average molecular weight is 334 g/mol. The van der Waals surface area contributed by atoms with Crippen LogP contribution in [-0.4, -0.2) is 67.2 Å². The Balaban J connectivity index is 1.53. The van der Waals surface area contributed by atoms with Crippen molar-refractivity contribution < 1.29 is 28.6 Å². The van der Waals surface area contributed by atoms with Crippen molar-refractivity contribution in [1.82, 2.24) is 9.80 Å². The molecule has 2 heterocycles. The third-order valence-electron chi connectivity index (χ3n) is 4.07. The smallest absolute Gasteiger partial charge is 0.417 e. The number of carbonyl (C=O) groups excluding carboxylic acids is 3. The SMILES string of the molecule is COc1cccc(OCC(=O)N2CCC(N3C(=O)COC3=O)C2)c1. The zero-order valence-corrected chi connectivity index (χ0v) is 13.3. The van der Waals surface area contributed by atoms with Gasteiger partial charge in [0.2, 0.25) is 0 Å². The first-order valence-electron chi connectivity index (χ1n) is 7.62. The van der Waals surface area contributed by atoms with Crippen molar-refractivity contribution in [1.29, 1.82) is 0 Å². The Hall–Kier alpha value is -2.77. The van der Waals surface area contributed by atoms with Gasteiger partial charge in [-0.05, 0) is 18.6 Å². The van der Waals surface area contributed by atoms with Crippen LogP contribution in [0.5, 0.6) is 11.5 Å². The van der Waals surface area contributed by atoms with Crippen molar-refractivity contribution >= 4 is 17.9 Å². The number of rotatable bonds is 5. The molecule has 0 bridgehead atoms. The molecular formula is C16H18N2O6. The second kappa shape index (κ2) is 6.77. The lowest BCUT2D eigenvalue weighted by atomic mass is 10.2. The number of benzene rings is 1. The molecule has 0 aliphatic carbocycles. The van der Waals surface area contributed by atoms with Gasteiger partial charge >= 0.3 is 6.09 Å². The summed E-state index contributed by atoms with van der Waals surface area (Å²) in [5.41, 5.74) is 0. The zero-order valence-electron chi connectivity index (χ0n) is 13.3. The highest BCUT2D eigenvalue weighted by Gasteiger charge is 2.41. The molecule has 0 saturated carbocycles. The highest BCUT2D eigenvalue weighted by atomic mass is 16.6. The third kappa shape index (κ3) is 3.27. The molecular weight excluding hydrogens is 316 g/mol. The molecule has 2 saturated heterocycles. The van der Waals surface area contributed by atoms with Crippen LogP contribution in [0.15, 0.2) is 24.3 Å². The molecule has 3 amide bonds. The summed E-state index contributed by atoms with van der Waals surface area (Å²) in [6.07, 6.45) is -0.0851. The maximum Gasteiger partial charge on any atom is 0.417 e. The number of cyclic esters (lactones) is 1. The summed E-state index contributed by atoms with van der Waals surface area (Å²) in [6, 6.07) is 6.66. The molecule has 8 nitrogen and oxygen atoms in total. The van der Waals surface area contributed by atoms with Crippen molar-refractivity contribution in [2.45, 2.75) is 12.5 Å². The van der Waals surface area contributed by atoms with Gasteiger partial charge in [0.1, 0.15) is 11.5 Å². The van der Waals surface area contributed by atoms with Crippen LogP contribution in [0.25, 0.3) is 0 Å². The van der Waals surface area contributed by atoms with E-state index in [1.165, 1.54) is 0 Å². The lowest BCUT2D eigenvalue weighted by molar-refractivity contribution is -0.133. The van der Waals surface area contributed by atoms with E-state index in [1.54, 1.807) is 36.3 Å². The molecule has 1 aromatic carbocycles. The Kier molecular flexibility index (Phi) is 4.54. The van der Waals surface area contributed by atoms with Crippen LogP contribution in [0.1, 0.15) is 6.42 Å². The highest BCUT2D eigenvalue weighted by Crippen LogP contribution is 2.21.